The number of carbonyl (C=O) groups excluding carboxylic acids is 1. The zero-order valence-electron chi connectivity index (χ0n) is 12.8. The van der Waals surface area contributed by atoms with Crippen LogP contribution < -0.4 is 4.74 Å². The lowest BCUT2D eigenvalue weighted by molar-refractivity contribution is 0.101. The highest BCUT2D eigenvalue weighted by molar-refractivity contribution is 6.16. The number of Topliss-reactive ketones (excluding diaryl/α,β-unsaturated/α-hetero) is 1. The first-order valence-corrected chi connectivity index (χ1v) is 7.36. The van der Waals surface area contributed by atoms with Gasteiger partial charge in [0.15, 0.2) is 5.76 Å². The molecule has 0 spiro atoms. The number of hydrogen-bond acceptors (Lipinski definition) is 3. The summed E-state index contributed by atoms with van der Waals surface area (Å²) >= 11 is 0. The zero-order chi connectivity index (χ0) is 16.1. The van der Waals surface area contributed by atoms with Gasteiger partial charge < -0.3 is 14.4 Å². The third-order valence-electron chi connectivity index (χ3n) is 4.17. The van der Waals surface area contributed by atoms with Gasteiger partial charge in [0.2, 0.25) is 5.78 Å². The van der Waals surface area contributed by atoms with Gasteiger partial charge in [-0.2, -0.15) is 0 Å². The SMILES string of the molecule is Cc1cc(O)cc2c1C(=O)C(=Cc1cn(C)c3ccccc13)O2. The molecule has 1 aromatic heterocycles. The summed E-state index contributed by atoms with van der Waals surface area (Å²) in [5.41, 5.74) is 3.26. The van der Waals surface area contributed by atoms with Gasteiger partial charge in [0.25, 0.3) is 0 Å². The van der Waals surface area contributed by atoms with E-state index < -0.39 is 0 Å². The number of rotatable bonds is 1. The van der Waals surface area contributed by atoms with Crippen molar-refractivity contribution in [3.63, 3.8) is 0 Å². The number of ketones is 1. The number of para-hydroxylation sites is 1. The Morgan fingerprint density at radius 3 is 2.83 bits per heavy atom. The first-order chi connectivity index (χ1) is 11.0. The molecule has 114 valence electrons. The quantitative estimate of drug-likeness (QED) is 0.696. The second-order valence-electron chi connectivity index (χ2n) is 5.79. The number of ether oxygens (including phenoxy) is 1. The second-order valence-corrected chi connectivity index (χ2v) is 5.79. The van der Waals surface area contributed by atoms with Crippen LogP contribution in [0.15, 0.2) is 48.4 Å². The van der Waals surface area contributed by atoms with Crippen molar-refractivity contribution in [3.8, 4) is 11.5 Å². The zero-order valence-corrected chi connectivity index (χ0v) is 12.8. The molecule has 1 aliphatic heterocycles. The summed E-state index contributed by atoms with van der Waals surface area (Å²) in [4.78, 5) is 12.6. The number of nitrogens with zero attached hydrogens (tertiary/aromatic N) is 1. The van der Waals surface area contributed by atoms with Crippen molar-refractivity contribution in [1.82, 2.24) is 4.57 Å². The molecule has 4 nitrogen and oxygen atoms in total. The predicted molar refractivity (Wildman–Crippen MR) is 88.7 cm³/mol. The van der Waals surface area contributed by atoms with Crippen molar-refractivity contribution < 1.29 is 14.6 Å². The van der Waals surface area contributed by atoms with Gasteiger partial charge in [-0.3, -0.25) is 4.79 Å². The maximum absolute atomic E-state index is 12.6. The number of aryl methyl sites for hydroxylation is 2. The molecular weight excluding hydrogens is 290 g/mol. The number of phenolic OH excluding ortho intramolecular Hbond substituents is 1. The molecule has 0 atom stereocenters. The Morgan fingerprint density at radius 1 is 1.22 bits per heavy atom. The van der Waals surface area contributed by atoms with Crippen molar-refractivity contribution in [1.29, 1.82) is 0 Å². The van der Waals surface area contributed by atoms with E-state index in [1.165, 1.54) is 6.07 Å². The second kappa shape index (κ2) is 4.74. The molecule has 23 heavy (non-hydrogen) atoms. The van der Waals surface area contributed by atoms with E-state index in [4.69, 9.17) is 4.74 Å². The fourth-order valence-electron chi connectivity index (χ4n) is 3.12. The van der Waals surface area contributed by atoms with Crippen LogP contribution in [0.25, 0.3) is 17.0 Å². The Labute approximate surface area is 133 Å². The molecule has 0 aliphatic carbocycles. The fourth-order valence-corrected chi connectivity index (χ4v) is 3.12. The summed E-state index contributed by atoms with van der Waals surface area (Å²) in [5.74, 6) is 0.648. The third-order valence-corrected chi connectivity index (χ3v) is 4.17. The third kappa shape index (κ3) is 2.03. The number of allylic oxidation sites excluding steroid dienone is 1. The molecule has 4 heteroatoms. The van der Waals surface area contributed by atoms with Gasteiger partial charge in [0, 0.05) is 35.8 Å². The lowest BCUT2D eigenvalue weighted by Crippen LogP contribution is -1.99. The summed E-state index contributed by atoms with van der Waals surface area (Å²) in [6.07, 6.45) is 3.74. The lowest BCUT2D eigenvalue weighted by atomic mass is 10.0. The summed E-state index contributed by atoms with van der Waals surface area (Å²) in [6, 6.07) is 11.1. The predicted octanol–water partition coefficient (Wildman–Crippen LogP) is 3.81. The largest absolute Gasteiger partial charge is 0.508 e. The normalized spacial score (nSPS) is 15.2. The molecule has 0 radical (unpaired) electrons. The molecule has 1 N–H and O–H groups in total. The molecule has 0 fully saturated rings. The Morgan fingerprint density at radius 2 is 2.00 bits per heavy atom. The van der Waals surface area contributed by atoms with E-state index in [0.29, 0.717) is 16.9 Å². The summed E-state index contributed by atoms with van der Waals surface area (Å²) in [7, 11) is 1.97. The molecule has 1 aliphatic rings. The number of benzene rings is 2. The van der Waals surface area contributed by atoms with Crippen molar-refractivity contribution >= 4 is 22.8 Å². The van der Waals surface area contributed by atoms with E-state index in [1.807, 2.05) is 42.1 Å². The number of carbonyl (C=O) groups is 1. The van der Waals surface area contributed by atoms with Crippen LogP contribution in [0.5, 0.6) is 11.5 Å². The average Bonchev–Trinajstić information content (AvgIpc) is 2.98. The molecule has 3 aromatic rings. The van der Waals surface area contributed by atoms with E-state index in [0.717, 1.165) is 16.5 Å². The van der Waals surface area contributed by atoms with Gasteiger partial charge in [0.1, 0.15) is 11.5 Å². The molecule has 0 amide bonds. The summed E-state index contributed by atoms with van der Waals surface area (Å²) < 4.78 is 7.70. The van der Waals surface area contributed by atoms with Crippen LogP contribution in [0.2, 0.25) is 0 Å². The minimum Gasteiger partial charge on any atom is -0.508 e. The average molecular weight is 305 g/mol. The Balaban J connectivity index is 1.84. The fraction of sp³-hybridized carbons (Fsp3) is 0.105. The monoisotopic (exact) mass is 305 g/mol. The Kier molecular flexibility index (Phi) is 2.81. The molecule has 0 bridgehead atoms. The summed E-state index contributed by atoms with van der Waals surface area (Å²) in [6.45, 7) is 1.79. The number of hydrogen-bond donors (Lipinski definition) is 1. The van der Waals surface area contributed by atoms with E-state index in [1.54, 1.807) is 19.1 Å². The van der Waals surface area contributed by atoms with Crippen LogP contribution in [0.3, 0.4) is 0 Å². The standard InChI is InChI=1S/C19H15NO3/c1-11-7-13(21)9-16-18(11)19(22)17(23-16)8-12-10-20(2)15-6-4-3-5-14(12)15/h3-10,21H,1-2H3. The molecule has 0 unspecified atom stereocenters. The highest BCUT2D eigenvalue weighted by atomic mass is 16.5. The number of fused-ring (bicyclic) bond motifs is 2. The van der Waals surface area contributed by atoms with Gasteiger partial charge in [-0.05, 0) is 30.7 Å². The van der Waals surface area contributed by atoms with Gasteiger partial charge >= 0.3 is 0 Å². The van der Waals surface area contributed by atoms with E-state index in [-0.39, 0.29) is 17.3 Å². The van der Waals surface area contributed by atoms with Crippen LogP contribution >= 0.6 is 0 Å². The van der Waals surface area contributed by atoms with Crippen molar-refractivity contribution in [2.24, 2.45) is 7.05 Å². The molecule has 0 saturated carbocycles. The van der Waals surface area contributed by atoms with Crippen molar-refractivity contribution in [2.45, 2.75) is 6.92 Å². The van der Waals surface area contributed by atoms with Crippen molar-refractivity contribution in [2.75, 3.05) is 0 Å². The number of phenols is 1. The lowest BCUT2D eigenvalue weighted by Gasteiger charge is -2.00. The first-order valence-electron chi connectivity index (χ1n) is 7.36. The van der Waals surface area contributed by atoms with Crippen LogP contribution in [0, 0.1) is 6.92 Å². The molecule has 4 rings (SSSR count). The number of aromatic nitrogens is 1. The highest BCUT2D eigenvalue weighted by Gasteiger charge is 2.30. The maximum Gasteiger partial charge on any atom is 0.232 e. The van der Waals surface area contributed by atoms with Crippen LogP contribution in [0.1, 0.15) is 21.5 Å². The minimum absolute atomic E-state index is 0.0976. The van der Waals surface area contributed by atoms with Crippen molar-refractivity contribution in [3.05, 3.63) is 65.0 Å². The summed E-state index contributed by atoms with van der Waals surface area (Å²) in [5, 5.41) is 10.7. The smallest absolute Gasteiger partial charge is 0.232 e. The molecule has 0 saturated heterocycles. The van der Waals surface area contributed by atoms with E-state index in [9.17, 15) is 9.90 Å². The van der Waals surface area contributed by atoms with Gasteiger partial charge in [-0.15, -0.1) is 0 Å². The maximum atomic E-state index is 12.6. The van der Waals surface area contributed by atoms with Gasteiger partial charge in [0.05, 0.1) is 5.56 Å². The molecule has 2 aromatic carbocycles. The van der Waals surface area contributed by atoms with Gasteiger partial charge in [-0.1, -0.05) is 18.2 Å². The van der Waals surface area contributed by atoms with Crippen LogP contribution in [-0.2, 0) is 7.05 Å². The molecular formula is C19H15NO3. The van der Waals surface area contributed by atoms with Gasteiger partial charge in [-0.25, -0.2) is 0 Å². The van der Waals surface area contributed by atoms with E-state index >= 15 is 0 Å². The number of aromatic hydroxyl groups is 1. The van der Waals surface area contributed by atoms with E-state index in [2.05, 4.69) is 0 Å². The van der Waals surface area contributed by atoms with Crippen LogP contribution in [-0.4, -0.2) is 15.5 Å². The van der Waals surface area contributed by atoms with Crippen LogP contribution in [0.4, 0.5) is 0 Å². The highest BCUT2D eigenvalue weighted by Crippen LogP contribution is 2.37. The topological polar surface area (TPSA) is 51.5 Å². The minimum atomic E-state index is -0.148. The Bertz CT molecular complexity index is 995. The Hall–Kier alpha value is -3.01. The first kappa shape index (κ1) is 13.6. The molecule has 2 heterocycles.